The van der Waals surface area contributed by atoms with E-state index >= 15 is 0 Å². The number of aliphatic hydroxyl groups excluding tert-OH is 1. The number of carbonyl (C=O) groups excluding carboxylic acids is 2. The number of hydrogen-bond donors (Lipinski definition) is 4. The van der Waals surface area contributed by atoms with Gasteiger partial charge in [0.05, 0.1) is 16.3 Å². The zero-order chi connectivity index (χ0) is 21.7. The first-order chi connectivity index (χ1) is 14.4. The van der Waals surface area contributed by atoms with Gasteiger partial charge in [-0.3, -0.25) is 14.6 Å². The molecule has 1 aliphatic rings. The van der Waals surface area contributed by atoms with E-state index in [-0.39, 0.29) is 17.8 Å². The third kappa shape index (κ3) is 5.25. The molecule has 30 heavy (non-hydrogen) atoms. The van der Waals surface area contributed by atoms with E-state index < -0.39 is 18.2 Å². The van der Waals surface area contributed by atoms with Crippen LogP contribution in [0, 0.1) is 0 Å². The minimum Gasteiger partial charge on any atom is -0.384 e. The van der Waals surface area contributed by atoms with Gasteiger partial charge in [-0.1, -0.05) is 12.1 Å². The number of nitrogens with two attached hydrogens (primary N) is 2. The van der Waals surface area contributed by atoms with Crippen molar-refractivity contribution >= 4 is 39.3 Å². The summed E-state index contributed by atoms with van der Waals surface area (Å²) in [4.78, 5) is 34.8. The Balaban J connectivity index is 1.75. The number of aliphatic imine (C=N–C) groups is 1. The molecule has 162 valence electrons. The summed E-state index contributed by atoms with van der Waals surface area (Å²) in [6.07, 6.45) is 1.47. The molecular formula is C20H28N6O3S. The summed E-state index contributed by atoms with van der Waals surface area (Å²) in [5.74, 6) is -0.372. The van der Waals surface area contributed by atoms with Crippen molar-refractivity contribution in [3.05, 3.63) is 29.3 Å². The molecular weight excluding hydrogens is 404 g/mol. The lowest BCUT2D eigenvalue weighted by molar-refractivity contribution is -0.137. The van der Waals surface area contributed by atoms with Crippen LogP contribution in [-0.4, -0.2) is 57.9 Å². The number of likely N-dealkylation sites (tertiary alicyclic amines) is 1. The first-order valence-corrected chi connectivity index (χ1v) is 10.8. The second kappa shape index (κ2) is 9.86. The number of aliphatic hydroxyl groups is 1. The van der Waals surface area contributed by atoms with Crippen LogP contribution in [0.5, 0.6) is 0 Å². The second-order valence-electron chi connectivity index (χ2n) is 7.40. The van der Waals surface area contributed by atoms with Gasteiger partial charge in [0.1, 0.15) is 17.2 Å². The number of benzene rings is 1. The largest absolute Gasteiger partial charge is 0.384 e. The summed E-state index contributed by atoms with van der Waals surface area (Å²) < 4.78 is 0.968. The monoisotopic (exact) mass is 432 g/mol. The molecule has 1 aliphatic heterocycles. The number of rotatable bonds is 8. The maximum absolute atomic E-state index is 12.9. The van der Waals surface area contributed by atoms with E-state index in [1.807, 2.05) is 24.3 Å². The molecule has 2 aromatic rings. The molecule has 6 N–H and O–H groups in total. The summed E-state index contributed by atoms with van der Waals surface area (Å²) in [5.41, 5.74) is 11.6. The number of carbonyl (C=O) groups is 2. The number of guanidine groups is 1. The van der Waals surface area contributed by atoms with Crippen molar-refractivity contribution in [1.82, 2.24) is 15.2 Å². The summed E-state index contributed by atoms with van der Waals surface area (Å²) in [6, 6.07) is 6.56. The van der Waals surface area contributed by atoms with E-state index in [9.17, 15) is 14.7 Å². The number of nitrogens with zero attached hydrogens (tertiary/aromatic N) is 3. The molecule has 2 heterocycles. The lowest BCUT2D eigenvalue weighted by Crippen LogP contribution is -2.49. The minimum atomic E-state index is -0.974. The quantitative estimate of drug-likeness (QED) is 0.277. The Bertz CT molecular complexity index is 893. The van der Waals surface area contributed by atoms with Crippen molar-refractivity contribution in [3.63, 3.8) is 0 Å². The maximum atomic E-state index is 12.9. The van der Waals surface area contributed by atoms with Crippen LogP contribution in [0.15, 0.2) is 29.3 Å². The van der Waals surface area contributed by atoms with Gasteiger partial charge >= 0.3 is 0 Å². The van der Waals surface area contributed by atoms with Crippen LogP contribution in [0.2, 0.25) is 0 Å². The van der Waals surface area contributed by atoms with Crippen molar-refractivity contribution in [2.24, 2.45) is 16.5 Å². The molecule has 1 aromatic heterocycles. The third-order valence-electron chi connectivity index (χ3n) is 5.20. The number of aromatic nitrogens is 1. The summed E-state index contributed by atoms with van der Waals surface area (Å²) in [7, 11) is 0. The van der Waals surface area contributed by atoms with E-state index in [2.05, 4.69) is 15.3 Å². The summed E-state index contributed by atoms with van der Waals surface area (Å²) in [6.45, 7) is 2.43. The fourth-order valence-electron chi connectivity index (χ4n) is 3.71. The molecule has 0 spiro atoms. The van der Waals surface area contributed by atoms with Gasteiger partial charge in [0, 0.05) is 20.0 Å². The lowest BCUT2D eigenvalue weighted by Gasteiger charge is -2.27. The van der Waals surface area contributed by atoms with E-state index in [1.165, 1.54) is 18.3 Å². The van der Waals surface area contributed by atoms with Gasteiger partial charge in [-0.05, 0) is 37.8 Å². The van der Waals surface area contributed by atoms with Gasteiger partial charge in [-0.2, -0.15) is 0 Å². The average Bonchev–Trinajstić information content (AvgIpc) is 3.36. The predicted octanol–water partition coefficient (Wildman–Crippen LogP) is 0.879. The molecule has 3 atom stereocenters. The molecule has 2 unspecified atom stereocenters. The number of para-hydroxylation sites is 1. The Labute approximate surface area is 179 Å². The van der Waals surface area contributed by atoms with Crippen molar-refractivity contribution in [3.8, 4) is 0 Å². The van der Waals surface area contributed by atoms with Crippen molar-refractivity contribution in [1.29, 1.82) is 0 Å². The normalized spacial score (nSPS) is 18.2. The Morgan fingerprint density at radius 2 is 2.17 bits per heavy atom. The van der Waals surface area contributed by atoms with Gasteiger partial charge in [0.25, 0.3) is 0 Å². The average molecular weight is 433 g/mol. The van der Waals surface area contributed by atoms with Gasteiger partial charge in [-0.15, -0.1) is 11.3 Å². The zero-order valence-electron chi connectivity index (χ0n) is 17.0. The fraction of sp³-hybridized carbons (Fsp3) is 0.500. The minimum absolute atomic E-state index is 0.00497. The highest BCUT2D eigenvalue weighted by Gasteiger charge is 2.35. The van der Waals surface area contributed by atoms with E-state index in [0.29, 0.717) is 37.4 Å². The molecule has 1 fully saturated rings. The van der Waals surface area contributed by atoms with Crippen molar-refractivity contribution < 1.29 is 14.7 Å². The van der Waals surface area contributed by atoms with Crippen LogP contribution < -0.4 is 16.8 Å². The first kappa shape index (κ1) is 22.0. The highest BCUT2D eigenvalue weighted by Crippen LogP contribution is 2.29. The van der Waals surface area contributed by atoms with E-state index in [0.717, 1.165) is 16.6 Å². The van der Waals surface area contributed by atoms with Crippen molar-refractivity contribution in [2.75, 3.05) is 13.1 Å². The van der Waals surface area contributed by atoms with E-state index in [1.54, 1.807) is 4.90 Å². The Hall–Kier alpha value is -2.72. The van der Waals surface area contributed by atoms with Crippen LogP contribution in [-0.2, 0) is 9.59 Å². The molecule has 2 amide bonds. The van der Waals surface area contributed by atoms with Crippen LogP contribution in [0.1, 0.15) is 43.7 Å². The summed E-state index contributed by atoms with van der Waals surface area (Å²) in [5, 5.41) is 14.5. The predicted molar refractivity (Wildman–Crippen MR) is 117 cm³/mol. The van der Waals surface area contributed by atoms with Gasteiger partial charge in [0.15, 0.2) is 5.96 Å². The smallest absolute Gasteiger partial charge is 0.243 e. The fourth-order valence-corrected chi connectivity index (χ4v) is 4.73. The van der Waals surface area contributed by atoms with Crippen LogP contribution in [0.4, 0.5) is 0 Å². The third-order valence-corrected chi connectivity index (χ3v) is 6.31. The highest BCUT2D eigenvalue weighted by atomic mass is 32.1. The molecule has 1 aromatic carbocycles. The number of fused-ring (bicyclic) bond motifs is 1. The Kier molecular flexibility index (Phi) is 7.22. The lowest BCUT2D eigenvalue weighted by atomic mass is 10.0. The van der Waals surface area contributed by atoms with Gasteiger partial charge in [-0.25, -0.2) is 4.98 Å². The SMILES string of the molecule is CC(=O)N1CCC[C@H]1C(=O)NC(CCCN=C(N)N)C(O)c1nc2ccccc2s1. The molecule has 3 rings (SSSR count). The maximum Gasteiger partial charge on any atom is 0.243 e. The molecule has 10 heteroatoms. The van der Waals surface area contributed by atoms with Gasteiger partial charge < -0.3 is 26.8 Å². The zero-order valence-corrected chi connectivity index (χ0v) is 17.8. The van der Waals surface area contributed by atoms with Crippen LogP contribution in [0.25, 0.3) is 10.2 Å². The Morgan fingerprint density at radius 1 is 1.40 bits per heavy atom. The topological polar surface area (TPSA) is 147 Å². The Morgan fingerprint density at radius 3 is 2.87 bits per heavy atom. The number of hydrogen-bond acceptors (Lipinski definition) is 6. The molecule has 0 radical (unpaired) electrons. The number of nitrogens with one attached hydrogen (secondary N) is 1. The van der Waals surface area contributed by atoms with E-state index in [4.69, 9.17) is 11.5 Å². The first-order valence-electron chi connectivity index (χ1n) is 10.0. The summed E-state index contributed by atoms with van der Waals surface area (Å²) >= 11 is 1.40. The van der Waals surface area contributed by atoms with Crippen LogP contribution >= 0.6 is 11.3 Å². The molecule has 0 bridgehead atoms. The van der Waals surface area contributed by atoms with Crippen molar-refractivity contribution in [2.45, 2.75) is 50.8 Å². The number of thiazole rings is 1. The second-order valence-corrected chi connectivity index (χ2v) is 8.46. The standard InChI is InChI=1S/C20H28N6O3S/c1-12(27)26-11-5-8-15(26)18(29)24-14(7-4-10-23-20(21)22)17(28)19-25-13-6-2-3-9-16(13)30-19/h2-3,6,9,14-15,17,28H,4-5,7-8,10-11H2,1H3,(H,24,29)(H4,21,22,23)/t14?,15-,17?/m0/s1. The molecule has 1 saturated heterocycles. The molecule has 0 saturated carbocycles. The van der Waals surface area contributed by atoms with Crippen LogP contribution in [0.3, 0.4) is 0 Å². The highest BCUT2D eigenvalue weighted by molar-refractivity contribution is 7.18. The van der Waals surface area contributed by atoms with Gasteiger partial charge in [0.2, 0.25) is 11.8 Å². The molecule has 0 aliphatic carbocycles. The number of amides is 2. The molecule has 9 nitrogen and oxygen atoms in total.